The van der Waals surface area contributed by atoms with Gasteiger partial charge in [-0.15, -0.1) is 0 Å². The fraction of sp³-hybridized carbons (Fsp3) is 0.538. The van der Waals surface area contributed by atoms with Gasteiger partial charge in [-0.1, -0.05) is 19.9 Å². The first kappa shape index (κ1) is 11.9. The van der Waals surface area contributed by atoms with Gasteiger partial charge in [0.25, 0.3) is 0 Å². The Labute approximate surface area is 92.2 Å². The van der Waals surface area contributed by atoms with E-state index in [0.717, 1.165) is 11.5 Å². The first-order valence-corrected chi connectivity index (χ1v) is 5.59. The van der Waals surface area contributed by atoms with Gasteiger partial charge < -0.3 is 9.47 Å². The van der Waals surface area contributed by atoms with Crippen molar-refractivity contribution in [1.82, 2.24) is 0 Å². The average molecular weight is 208 g/mol. The Bertz CT molecular complexity index is 281. The average Bonchev–Trinajstić information content (AvgIpc) is 2.18. The van der Waals surface area contributed by atoms with E-state index in [1.165, 1.54) is 5.56 Å². The zero-order valence-electron chi connectivity index (χ0n) is 10.0. The molecule has 0 aliphatic heterocycles. The predicted octanol–water partition coefficient (Wildman–Crippen LogP) is 3.61. The van der Waals surface area contributed by atoms with Crippen molar-refractivity contribution in [2.75, 3.05) is 13.2 Å². The minimum Gasteiger partial charge on any atom is -0.493 e. The van der Waals surface area contributed by atoms with Gasteiger partial charge in [0.1, 0.15) is 11.5 Å². The first-order valence-electron chi connectivity index (χ1n) is 5.59. The summed E-state index contributed by atoms with van der Waals surface area (Å²) in [6.07, 6.45) is 0. The van der Waals surface area contributed by atoms with Gasteiger partial charge in [-0.05, 0) is 31.9 Å². The smallest absolute Gasteiger partial charge is 0.126 e. The highest BCUT2D eigenvalue weighted by Crippen LogP contribution is 2.34. The fourth-order valence-electron chi connectivity index (χ4n) is 1.66. The zero-order valence-corrected chi connectivity index (χ0v) is 10.0. The molecular weight excluding hydrogens is 188 g/mol. The van der Waals surface area contributed by atoms with Crippen LogP contribution in [0, 0.1) is 0 Å². The van der Waals surface area contributed by atoms with E-state index >= 15 is 0 Å². The molecule has 0 aliphatic carbocycles. The molecule has 0 radical (unpaired) electrons. The number of rotatable bonds is 5. The highest BCUT2D eigenvalue weighted by atomic mass is 16.5. The standard InChI is InChI=1S/C13H20O2/c1-5-14-11-8-7-9-12(15-6-2)13(11)10(3)4/h7-10H,5-6H2,1-4H3. The second-order valence-corrected chi connectivity index (χ2v) is 3.69. The monoisotopic (exact) mass is 208 g/mol. The van der Waals surface area contributed by atoms with E-state index in [1.54, 1.807) is 0 Å². The molecule has 0 saturated carbocycles. The van der Waals surface area contributed by atoms with E-state index < -0.39 is 0 Å². The molecule has 1 aromatic carbocycles. The quantitative estimate of drug-likeness (QED) is 0.736. The van der Waals surface area contributed by atoms with Crippen molar-refractivity contribution in [3.05, 3.63) is 23.8 Å². The lowest BCUT2D eigenvalue weighted by molar-refractivity contribution is 0.314. The largest absolute Gasteiger partial charge is 0.493 e. The van der Waals surface area contributed by atoms with Crippen LogP contribution in [0.2, 0.25) is 0 Å². The van der Waals surface area contributed by atoms with Gasteiger partial charge in [-0.3, -0.25) is 0 Å². The van der Waals surface area contributed by atoms with Crippen molar-refractivity contribution in [1.29, 1.82) is 0 Å². The summed E-state index contributed by atoms with van der Waals surface area (Å²) in [4.78, 5) is 0. The highest BCUT2D eigenvalue weighted by molar-refractivity contribution is 5.46. The van der Waals surface area contributed by atoms with E-state index in [0.29, 0.717) is 19.1 Å². The summed E-state index contributed by atoms with van der Waals surface area (Å²) in [5.74, 6) is 2.30. The van der Waals surface area contributed by atoms with Crippen LogP contribution in [0.3, 0.4) is 0 Å². The fourth-order valence-corrected chi connectivity index (χ4v) is 1.66. The van der Waals surface area contributed by atoms with Crippen LogP contribution in [0.25, 0.3) is 0 Å². The van der Waals surface area contributed by atoms with Gasteiger partial charge in [0.05, 0.1) is 13.2 Å². The second kappa shape index (κ2) is 5.64. The van der Waals surface area contributed by atoms with E-state index in [-0.39, 0.29) is 0 Å². The number of hydrogen-bond donors (Lipinski definition) is 0. The summed E-state index contributed by atoms with van der Waals surface area (Å²) < 4.78 is 11.2. The van der Waals surface area contributed by atoms with E-state index in [9.17, 15) is 0 Å². The summed E-state index contributed by atoms with van der Waals surface area (Å²) >= 11 is 0. The number of ether oxygens (including phenoxy) is 2. The first-order chi connectivity index (χ1) is 7.20. The van der Waals surface area contributed by atoms with Crippen molar-refractivity contribution in [3.8, 4) is 11.5 Å². The zero-order chi connectivity index (χ0) is 11.3. The topological polar surface area (TPSA) is 18.5 Å². The van der Waals surface area contributed by atoms with Crippen molar-refractivity contribution >= 4 is 0 Å². The van der Waals surface area contributed by atoms with E-state index in [2.05, 4.69) is 13.8 Å². The maximum Gasteiger partial charge on any atom is 0.126 e. The molecule has 2 nitrogen and oxygen atoms in total. The molecule has 0 heterocycles. The minimum atomic E-state index is 0.411. The van der Waals surface area contributed by atoms with Gasteiger partial charge in [-0.2, -0.15) is 0 Å². The van der Waals surface area contributed by atoms with Crippen LogP contribution in [0.15, 0.2) is 18.2 Å². The summed E-state index contributed by atoms with van der Waals surface area (Å²) in [6.45, 7) is 9.68. The van der Waals surface area contributed by atoms with Crippen LogP contribution in [0.5, 0.6) is 11.5 Å². The molecule has 0 aliphatic rings. The Balaban J connectivity index is 3.09. The van der Waals surface area contributed by atoms with Gasteiger partial charge in [0, 0.05) is 5.56 Å². The molecule has 2 heteroatoms. The van der Waals surface area contributed by atoms with Crippen molar-refractivity contribution in [2.24, 2.45) is 0 Å². The normalized spacial score (nSPS) is 10.5. The maximum absolute atomic E-state index is 5.61. The van der Waals surface area contributed by atoms with Crippen molar-refractivity contribution in [2.45, 2.75) is 33.6 Å². The molecule has 84 valence electrons. The third kappa shape index (κ3) is 2.88. The summed E-state index contributed by atoms with van der Waals surface area (Å²) in [5.41, 5.74) is 1.17. The van der Waals surface area contributed by atoms with Crippen molar-refractivity contribution < 1.29 is 9.47 Å². The molecule has 0 spiro atoms. The van der Waals surface area contributed by atoms with Gasteiger partial charge in [-0.25, -0.2) is 0 Å². The molecule has 0 atom stereocenters. The summed E-state index contributed by atoms with van der Waals surface area (Å²) in [6, 6.07) is 5.98. The molecule has 1 aromatic rings. The molecule has 1 rings (SSSR count). The lowest BCUT2D eigenvalue weighted by Crippen LogP contribution is -2.02. The molecule has 0 aromatic heterocycles. The molecular formula is C13H20O2. The molecule has 0 saturated heterocycles. The van der Waals surface area contributed by atoms with Crippen LogP contribution in [-0.2, 0) is 0 Å². The van der Waals surface area contributed by atoms with Crippen LogP contribution in [-0.4, -0.2) is 13.2 Å². The summed E-state index contributed by atoms with van der Waals surface area (Å²) in [7, 11) is 0. The molecule has 0 bridgehead atoms. The van der Waals surface area contributed by atoms with Gasteiger partial charge >= 0.3 is 0 Å². The van der Waals surface area contributed by atoms with Gasteiger partial charge in [0.15, 0.2) is 0 Å². The Morgan fingerprint density at radius 2 is 1.47 bits per heavy atom. The SMILES string of the molecule is CCOc1cccc(OCC)c1C(C)C. The second-order valence-electron chi connectivity index (χ2n) is 3.69. The third-order valence-corrected chi connectivity index (χ3v) is 2.20. The summed E-state index contributed by atoms with van der Waals surface area (Å²) in [5, 5.41) is 0. The maximum atomic E-state index is 5.61. The Morgan fingerprint density at radius 1 is 1.00 bits per heavy atom. The van der Waals surface area contributed by atoms with Crippen LogP contribution < -0.4 is 9.47 Å². The number of hydrogen-bond acceptors (Lipinski definition) is 2. The van der Waals surface area contributed by atoms with E-state index in [4.69, 9.17) is 9.47 Å². The molecule has 0 fully saturated rings. The Kier molecular flexibility index (Phi) is 4.47. The molecule has 15 heavy (non-hydrogen) atoms. The number of benzene rings is 1. The predicted molar refractivity (Wildman–Crippen MR) is 62.9 cm³/mol. The molecule has 0 unspecified atom stereocenters. The van der Waals surface area contributed by atoms with Crippen molar-refractivity contribution in [3.63, 3.8) is 0 Å². The molecule has 0 N–H and O–H groups in total. The lowest BCUT2D eigenvalue weighted by atomic mass is 10.0. The Hall–Kier alpha value is -1.18. The highest BCUT2D eigenvalue weighted by Gasteiger charge is 2.13. The van der Waals surface area contributed by atoms with Crippen LogP contribution in [0.1, 0.15) is 39.2 Å². The lowest BCUT2D eigenvalue weighted by Gasteiger charge is -2.17. The van der Waals surface area contributed by atoms with Crippen LogP contribution >= 0.6 is 0 Å². The molecule has 0 amide bonds. The minimum absolute atomic E-state index is 0.411. The third-order valence-electron chi connectivity index (χ3n) is 2.20. The van der Waals surface area contributed by atoms with Crippen LogP contribution in [0.4, 0.5) is 0 Å². The van der Waals surface area contributed by atoms with E-state index in [1.807, 2.05) is 32.0 Å². The Morgan fingerprint density at radius 3 is 1.80 bits per heavy atom. The van der Waals surface area contributed by atoms with Gasteiger partial charge in [0.2, 0.25) is 0 Å².